The van der Waals surface area contributed by atoms with Crippen molar-refractivity contribution in [1.82, 2.24) is 0 Å². The molecule has 0 bridgehead atoms. The maximum atomic E-state index is 8.65. The summed E-state index contributed by atoms with van der Waals surface area (Å²) in [5, 5.41) is 8.65. The highest BCUT2D eigenvalue weighted by atomic mass is 16.7. The minimum absolute atomic E-state index is 0.0802. The Hall–Kier alpha value is -0.380. The first-order valence-electron chi connectivity index (χ1n) is 4.74. The molecule has 0 aliphatic heterocycles. The van der Waals surface area contributed by atoms with Gasteiger partial charge in [0.2, 0.25) is 0 Å². The Labute approximate surface area is 80.4 Å². The average molecular weight is 188 g/mol. The predicted octanol–water partition coefficient (Wildman–Crippen LogP) is 1.71. The Balaban J connectivity index is 3.85. The maximum absolute atomic E-state index is 8.65. The van der Waals surface area contributed by atoms with Gasteiger partial charge in [0, 0.05) is 19.6 Å². The zero-order chi connectivity index (χ0) is 10.1. The van der Waals surface area contributed by atoms with E-state index in [2.05, 4.69) is 0 Å². The van der Waals surface area contributed by atoms with Crippen LogP contribution in [0.3, 0.4) is 0 Å². The van der Waals surface area contributed by atoms with Gasteiger partial charge >= 0.3 is 0 Å². The van der Waals surface area contributed by atoms with Crippen LogP contribution < -0.4 is 0 Å². The van der Waals surface area contributed by atoms with Gasteiger partial charge in [-0.2, -0.15) is 0 Å². The zero-order valence-corrected chi connectivity index (χ0v) is 8.75. The second-order valence-electron chi connectivity index (χ2n) is 2.78. The first-order chi connectivity index (χ1) is 6.24. The van der Waals surface area contributed by atoms with Crippen molar-refractivity contribution in [3.05, 3.63) is 11.6 Å². The molecule has 13 heavy (non-hydrogen) atoms. The first kappa shape index (κ1) is 12.6. The van der Waals surface area contributed by atoms with Crippen LogP contribution in [0, 0.1) is 0 Å². The van der Waals surface area contributed by atoms with E-state index in [1.165, 1.54) is 0 Å². The molecule has 0 saturated heterocycles. The lowest BCUT2D eigenvalue weighted by atomic mass is 10.2. The third kappa shape index (κ3) is 6.75. The smallest absolute Gasteiger partial charge is 0.161 e. The summed E-state index contributed by atoms with van der Waals surface area (Å²) < 4.78 is 10.7. The summed E-state index contributed by atoms with van der Waals surface area (Å²) in [5.74, 6) is 0. The summed E-state index contributed by atoms with van der Waals surface area (Å²) in [7, 11) is 0. The topological polar surface area (TPSA) is 38.7 Å². The Morgan fingerprint density at radius 1 is 1.31 bits per heavy atom. The third-order valence-corrected chi connectivity index (χ3v) is 1.63. The second-order valence-corrected chi connectivity index (χ2v) is 2.78. The fraction of sp³-hybridized carbons (Fsp3) is 0.800. The van der Waals surface area contributed by atoms with Gasteiger partial charge in [-0.25, -0.2) is 0 Å². The molecule has 78 valence electrons. The summed E-state index contributed by atoms with van der Waals surface area (Å²) in [6.07, 6.45) is 2.32. The van der Waals surface area contributed by atoms with Crippen LogP contribution in [0.15, 0.2) is 11.6 Å². The van der Waals surface area contributed by atoms with Gasteiger partial charge in [0.1, 0.15) is 0 Å². The molecule has 0 radical (unpaired) electrons. The van der Waals surface area contributed by atoms with Crippen molar-refractivity contribution < 1.29 is 14.6 Å². The molecule has 0 fully saturated rings. The Morgan fingerprint density at radius 3 is 2.23 bits per heavy atom. The molecule has 3 nitrogen and oxygen atoms in total. The highest BCUT2D eigenvalue weighted by molar-refractivity contribution is 4.98. The lowest BCUT2D eigenvalue weighted by Crippen LogP contribution is -2.17. The molecule has 1 N–H and O–H groups in total. The monoisotopic (exact) mass is 188 g/mol. The van der Waals surface area contributed by atoms with E-state index in [0.29, 0.717) is 13.2 Å². The van der Waals surface area contributed by atoms with Gasteiger partial charge in [0.25, 0.3) is 0 Å². The predicted molar refractivity (Wildman–Crippen MR) is 52.5 cm³/mol. The van der Waals surface area contributed by atoms with Crippen molar-refractivity contribution in [2.24, 2.45) is 0 Å². The molecule has 0 heterocycles. The molecular formula is C10H20O3. The van der Waals surface area contributed by atoms with Crippen molar-refractivity contribution in [2.75, 3.05) is 19.8 Å². The van der Waals surface area contributed by atoms with Gasteiger partial charge in [-0.05, 0) is 20.8 Å². The second kappa shape index (κ2) is 8.23. The summed E-state index contributed by atoms with van der Waals surface area (Å²) in [4.78, 5) is 0. The summed E-state index contributed by atoms with van der Waals surface area (Å²) >= 11 is 0. The van der Waals surface area contributed by atoms with E-state index in [9.17, 15) is 0 Å². The quantitative estimate of drug-likeness (QED) is 0.488. The van der Waals surface area contributed by atoms with Gasteiger partial charge in [0.15, 0.2) is 6.29 Å². The van der Waals surface area contributed by atoms with E-state index in [0.717, 1.165) is 12.0 Å². The van der Waals surface area contributed by atoms with E-state index in [-0.39, 0.29) is 12.9 Å². The fourth-order valence-corrected chi connectivity index (χ4v) is 1.04. The molecule has 0 amide bonds. The van der Waals surface area contributed by atoms with E-state index in [4.69, 9.17) is 14.6 Å². The third-order valence-electron chi connectivity index (χ3n) is 1.63. The standard InChI is InChI=1S/C10H20O3/c1-4-12-10(13-5-2)8-9(3)6-7-11/h6,10-11H,4-5,7-8H2,1-3H3/b9-6+. The fourth-order valence-electron chi connectivity index (χ4n) is 1.04. The van der Waals surface area contributed by atoms with E-state index < -0.39 is 0 Å². The number of aliphatic hydroxyl groups is 1. The molecule has 0 aliphatic carbocycles. The Kier molecular flexibility index (Phi) is 7.99. The number of aliphatic hydroxyl groups excluding tert-OH is 1. The van der Waals surface area contributed by atoms with Crippen LogP contribution in [0.1, 0.15) is 27.2 Å². The molecule has 3 heteroatoms. The highest BCUT2D eigenvalue weighted by Crippen LogP contribution is 2.09. The minimum atomic E-state index is -0.169. The van der Waals surface area contributed by atoms with E-state index >= 15 is 0 Å². The number of rotatable bonds is 7. The lowest BCUT2D eigenvalue weighted by molar-refractivity contribution is -0.134. The largest absolute Gasteiger partial charge is 0.392 e. The number of hydrogen-bond acceptors (Lipinski definition) is 3. The molecule has 0 unspecified atom stereocenters. The Morgan fingerprint density at radius 2 is 1.85 bits per heavy atom. The molecule has 0 rings (SSSR count). The maximum Gasteiger partial charge on any atom is 0.161 e. The zero-order valence-electron chi connectivity index (χ0n) is 8.75. The normalized spacial score (nSPS) is 12.5. The molecule has 0 saturated carbocycles. The molecular weight excluding hydrogens is 168 g/mol. The minimum Gasteiger partial charge on any atom is -0.392 e. The van der Waals surface area contributed by atoms with Crippen molar-refractivity contribution in [3.63, 3.8) is 0 Å². The van der Waals surface area contributed by atoms with Gasteiger partial charge < -0.3 is 14.6 Å². The van der Waals surface area contributed by atoms with Crippen molar-refractivity contribution >= 4 is 0 Å². The Bertz CT molecular complexity index is 137. The molecule has 0 aromatic carbocycles. The molecule has 0 aliphatic rings. The first-order valence-corrected chi connectivity index (χ1v) is 4.74. The van der Waals surface area contributed by atoms with Gasteiger partial charge in [-0.15, -0.1) is 0 Å². The SMILES string of the molecule is CCOC(C/C(C)=C/CO)OCC. The van der Waals surface area contributed by atoms with Crippen LogP contribution in [0.5, 0.6) is 0 Å². The van der Waals surface area contributed by atoms with Crippen LogP contribution in [0.25, 0.3) is 0 Å². The molecule has 0 atom stereocenters. The number of ether oxygens (including phenoxy) is 2. The van der Waals surface area contributed by atoms with Gasteiger partial charge in [-0.1, -0.05) is 11.6 Å². The summed E-state index contributed by atoms with van der Waals surface area (Å²) in [5.41, 5.74) is 1.09. The van der Waals surface area contributed by atoms with Crippen molar-refractivity contribution in [1.29, 1.82) is 0 Å². The lowest BCUT2D eigenvalue weighted by Gasteiger charge is -2.16. The van der Waals surface area contributed by atoms with Crippen LogP contribution in [0.4, 0.5) is 0 Å². The van der Waals surface area contributed by atoms with E-state index in [1.807, 2.05) is 20.8 Å². The highest BCUT2D eigenvalue weighted by Gasteiger charge is 2.07. The molecule has 0 aromatic heterocycles. The number of hydrogen-bond donors (Lipinski definition) is 1. The van der Waals surface area contributed by atoms with Crippen LogP contribution in [0.2, 0.25) is 0 Å². The summed E-state index contributed by atoms with van der Waals surface area (Å²) in [6, 6.07) is 0. The van der Waals surface area contributed by atoms with Crippen molar-refractivity contribution in [2.45, 2.75) is 33.5 Å². The van der Waals surface area contributed by atoms with Crippen LogP contribution in [-0.4, -0.2) is 31.2 Å². The van der Waals surface area contributed by atoms with Gasteiger partial charge in [-0.3, -0.25) is 0 Å². The molecule has 0 spiro atoms. The average Bonchev–Trinajstić information content (AvgIpc) is 2.05. The van der Waals surface area contributed by atoms with E-state index in [1.54, 1.807) is 6.08 Å². The van der Waals surface area contributed by atoms with Crippen molar-refractivity contribution in [3.8, 4) is 0 Å². The van der Waals surface area contributed by atoms with Crippen LogP contribution in [-0.2, 0) is 9.47 Å². The van der Waals surface area contributed by atoms with Crippen LogP contribution >= 0.6 is 0 Å². The molecule has 0 aromatic rings. The van der Waals surface area contributed by atoms with Gasteiger partial charge in [0.05, 0.1) is 6.61 Å². The summed E-state index contributed by atoms with van der Waals surface area (Å²) in [6.45, 7) is 7.22.